The zero-order chi connectivity index (χ0) is 24.2. The van der Waals surface area contributed by atoms with Crippen molar-refractivity contribution >= 4 is 45.6 Å². The number of hydrogen-bond donors (Lipinski definition) is 2. The Morgan fingerprint density at radius 2 is 1.45 bits per heavy atom. The van der Waals surface area contributed by atoms with Crippen LogP contribution < -0.4 is 4.74 Å². The third kappa shape index (κ3) is 5.34. The monoisotopic (exact) mass is 484 g/mol. The number of nitrogens with one attached hydrogen (secondary N) is 2. The number of aromatic nitrogens is 4. The first-order valence-corrected chi connectivity index (χ1v) is 9.49. The Morgan fingerprint density at radius 1 is 0.939 bits per heavy atom. The van der Waals surface area contributed by atoms with Crippen LogP contribution in [0.4, 0.5) is 13.2 Å². The van der Waals surface area contributed by atoms with E-state index in [-0.39, 0.29) is 28.2 Å². The maximum absolute atomic E-state index is 12.2. The Morgan fingerprint density at radius 3 is 2.00 bits per heavy atom. The zero-order valence-corrected chi connectivity index (χ0v) is 17.9. The molecular weight excluding hydrogens is 469 g/mol. The lowest BCUT2D eigenvalue weighted by atomic mass is 10.3. The number of ether oxygens (including phenoxy) is 3. The first-order valence-electron chi connectivity index (χ1n) is 9.11. The first kappa shape index (κ1) is 23.9. The van der Waals surface area contributed by atoms with Gasteiger partial charge < -0.3 is 24.2 Å². The van der Waals surface area contributed by atoms with Gasteiger partial charge in [-0.15, -0.1) is 0 Å². The predicted molar refractivity (Wildman–Crippen MR) is 111 cm³/mol. The van der Waals surface area contributed by atoms with Crippen molar-refractivity contribution in [3.63, 3.8) is 0 Å². The number of H-pyrrole nitrogens is 2. The number of alkyl halides is 3. The smallest absolute Gasteiger partial charge is 0.422 e. The molecular formula is C20H16ClF3N4O5. The molecule has 0 unspecified atom stereocenters. The average Bonchev–Trinajstić information content (AvgIpc) is 3.34. The number of rotatable bonds is 4. The third-order valence-corrected chi connectivity index (χ3v) is 4.58. The molecule has 4 rings (SSSR count). The van der Waals surface area contributed by atoms with E-state index < -0.39 is 24.7 Å². The van der Waals surface area contributed by atoms with Crippen LogP contribution in [0, 0.1) is 0 Å². The summed E-state index contributed by atoms with van der Waals surface area (Å²) < 4.78 is 50.3. The second-order valence-electron chi connectivity index (χ2n) is 6.33. The fourth-order valence-electron chi connectivity index (χ4n) is 2.78. The highest BCUT2D eigenvalue weighted by molar-refractivity contribution is 6.38. The number of fused-ring (bicyclic) bond motifs is 2. The normalized spacial score (nSPS) is 11.1. The van der Waals surface area contributed by atoms with Crippen LogP contribution in [-0.2, 0) is 9.47 Å². The van der Waals surface area contributed by atoms with Crippen LogP contribution in [0.1, 0.15) is 21.0 Å². The summed E-state index contributed by atoms with van der Waals surface area (Å²) >= 11 is 5.96. The molecule has 0 aliphatic carbocycles. The van der Waals surface area contributed by atoms with Crippen LogP contribution in [0.15, 0.2) is 36.7 Å². The molecule has 13 heteroatoms. The summed E-state index contributed by atoms with van der Waals surface area (Å²) in [5.41, 5.74) is 0.876. The van der Waals surface area contributed by atoms with E-state index in [4.69, 9.17) is 11.6 Å². The van der Waals surface area contributed by atoms with Crippen molar-refractivity contribution in [2.75, 3.05) is 20.8 Å². The van der Waals surface area contributed by atoms with Crippen LogP contribution in [0.25, 0.3) is 22.1 Å². The molecule has 33 heavy (non-hydrogen) atoms. The molecule has 4 aromatic heterocycles. The Labute approximate surface area is 188 Å². The molecule has 0 spiro atoms. The Balaban J connectivity index is 0.000000194. The maximum atomic E-state index is 12.2. The number of esters is 2. The molecule has 174 valence electrons. The third-order valence-electron chi connectivity index (χ3n) is 4.19. The summed E-state index contributed by atoms with van der Waals surface area (Å²) in [5.74, 6) is -1.53. The summed E-state index contributed by atoms with van der Waals surface area (Å²) in [4.78, 5) is 36.0. The number of carbonyl (C=O) groups excluding carboxylic acids is 2. The van der Waals surface area contributed by atoms with E-state index in [1.807, 2.05) is 0 Å². The molecule has 0 bridgehead atoms. The van der Waals surface area contributed by atoms with Crippen LogP contribution in [0.2, 0.25) is 5.02 Å². The van der Waals surface area contributed by atoms with Crippen molar-refractivity contribution < 1.29 is 37.0 Å². The number of pyridine rings is 2. The fraction of sp³-hybridized carbons (Fsp3) is 0.200. The fourth-order valence-corrected chi connectivity index (χ4v) is 3.06. The van der Waals surface area contributed by atoms with Gasteiger partial charge in [0, 0.05) is 17.8 Å². The molecule has 0 radical (unpaired) electrons. The van der Waals surface area contributed by atoms with E-state index in [9.17, 15) is 22.8 Å². The lowest BCUT2D eigenvalue weighted by Crippen LogP contribution is -2.20. The number of carbonyl (C=O) groups is 2. The van der Waals surface area contributed by atoms with E-state index in [1.165, 1.54) is 25.4 Å². The van der Waals surface area contributed by atoms with Gasteiger partial charge in [-0.2, -0.15) is 13.2 Å². The second-order valence-corrected chi connectivity index (χ2v) is 6.71. The molecule has 0 aliphatic heterocycles. The molecule has 0 amide bonds. The van der Waals surface area contributed by atoms with E-state index in [0.717, 1.165) is 12.5 Å². The largest absolute Gasteiger partial charge is 0.481 e. The highest BCUT2D eigenvalue weighted by atomic mass is 35.5. The number of halogens is 4. The molecule has 2 N–H and O–H groups in total. The minimum absolute atomic E-state index is 0.194. The van der Waals surface area contributed by atoms with Crippen molar-refractivity contribution in [3.05, 3.63) is 53.1 Å². The summed E-state index contributed by atoms with van der Waals surface area (Å²) in [6.45, 7) is -1.50. The quantitative estimate of drug-likeness (QED) is 0.414. The minimum Gasteiger partial charge on any atom is -0.481 e. The van der Waals surface area contributed by atoms with E-state index in [2.05, 4.69) is 34.1 Å². The van der Waals surface area contributed by atoms with Crippen molar-refractivity contribution in [1.82, 2.24) is 19.9 Å². The van der Waals surface area contributed by atoms with Crippen LogP contribution in [0.5, 0.6) is 5.75 Å². The van der Waals surface area contributed by atoms with Gasteiger partial charge in [0.2, 0.25) is 0 Å². The molecule has 0 fully saturated rings. The molecule has 4 aromatic rings. The number of nitrogens with zero attached hydrogens (tertiary/aromatic N) is 2. The van der Waals surface area contributed by atoms with Gasteiger partial charge in [0.15, 0.2) is 18.1 Å². The van der Waals surface area contributed by atoms with Crippen molar-refractivity contribution in [3.8, 4) is 5.75 Å². The molecule has 0 atom stereocenters. The van der Waals surface area contributed by atoms with Gasteiger partial charge in [-0.1, -0.05) is 11.6 Å². The molecule has 0 saturated heterocycles. The number of hydrogen-bond acceptors (Lipinski definition) is 7. The molecule has 4 heterocycles. The maximum Gasteiger partial charge on any atom is 0.422 e. The molecule has 0 aromatic carbocycles. The van der Waals surface area contributed by atoms with Gasteiger partial charge in [-0.3, -0.25) is 0 Å². The Hall–Kier alpha value is -3.80. The van der Waals surface area contributed by atoms with Gasteiger partial charge in [0.25, 0.3) is 0 Å². The SMILES string of the molecule is COC(=O)c1[nH]c2ncccc2c1Cl.COC(=O)c1[nH]c2ncccc2c1OCC(F)(F)F. The summed E-state index contributed by atoms with van der Waals surface area (Å²) in [6, 6.07) is 6.56. The lowest BCUT2D eigenvalue weighted by molar-refractivity contribution is -0.153. The molecule has 0 aliphatic rings. The van der Waals surface area contributed by atoms with Crippen molar-refractivity contribution in [2.24, 2.45) is 0 Å². The van der Waals surface area contributed by atoms with E-state index in [1.54, 1.807) is 18.3 Å². The number of aromatic amines is 2. The van der Waals surface area contributed by atoms with Gasteiger partial charge >= 0.3 is 18.1 Å². The highest BCUT2D eigenvalue weighted by Crippen LogP contribution is 2.31. The van der Waals surface area contributed by atoms with Gasteiger partial charge in [0.05, 0.1) is 24.6 Å². The van der Waals surface area contributed by atoms with Crippen LogP contribution in [0.3, 0.4) is 0 Å². The first-order chi connectivity index (χ1) is 15.7. The molecule has 0 saturated carbocycles. The van der Waals surface area contributed by atoms with Gasteiger partial charge in [0.1, 0.15) is 17.0 Å². The number of methoxy groups -OCH3 is 2. The lowest BCUT2D eigenvalue weighted by Gasteiger charge is -2.09. The molecule has 9 nitrogen and oxygen atoms in total. The average molecular weight is 485 g/mol. The van der Waals surface area contributed by atoms with E-state index >= 15 is 0 Å². The topological polar surface area (TPSA) is 119 Å². The van der Waals surface area contributed by atoms with Gasteiger partial charge in [-0.25, -0.2) is 19.6 Å². The highest BCUT2D eigenvalue weighted by Gasteiger charge is 2.31. The van der Waals surface area contributed by atoms with Crippen LogP contribution in [-0.4, -0.2) is 58.9 Å². The summed E-state index contributed by atoms with van der Waals surface area (Å²) in [6.07, 6.45) is -1.44. The van der Waals surface area contributed by atoms with Crippen molar-refractivity contribution in [1.29, 1.82) is 0 Å². The second kappa shape index (κ2) is 9.77. The summed E-state index contributed by atoms with van der Waals surface area (Å²) in [5, 5.41) is 1.35. The predicted octanol–water partition coefficient (Wildman–Crippen LogP) is 4.29. The zero-order valence-electron chi connectivity index (χ0n) is 17.1. The Kier molecular flexibility index (Phi) is 7.07. The van der Waals surface area contributed by atoms with Gasteiger partial charge in [-0.05, 0) is 24.3 Å². The van der Waals surface area contributed by atoms with Crippen LogP contribution >= 0.6 is 11.6 Å². The summed E-state index contributed by atoms with van der Waals surface area (Å²) in [7, 11) is 2.42. The minimum atomic E-state index is -4.50. The standard InChI is InChI=1S/C11H9F3N2O3.C9H7ClN2O2/c1-18-10(17)7-8(19-5-11(12,13)14)6-3-2-4-15-9(6)16-7;1-14-9(13)7-6(10)5-3-2-4-11-8(5)12-7/h2-4H,5H2,1H3,(H,15,16);2-4H,1H3,(H,11,12). The Bertz CT molecular complexity index is 1300. The van der Waals surface area contributed by atoms with Crippen molar-refractivity contribution in [2.45, 2.75) is 6.18 Å². The van der Waals surface area contributed by atoms with E-state index in [0.29, 0.717) is 10.7 Å².